The number of hydrogen-bond acceptors (Lipinski definition) is 3. The molecule has 0 saturated carbocycles. The number of ether oxygens (including phenoxy) is 2. The average molecular weight is 227 g/mol. The Morgan fingerprint density at radius 1 is 1.00 bits per heavy atom. The quantitative estimate of drug-likeness (QED) is 0.431. The van der Waals surface area contributed by atoms with Crippen LogP contribution in [0.3, 0.4) is 0 Å². The summed E-state index contributed by atoms with van der Waals surface area (Å²) in [5.74, 6) is 5.90. The second kappa shape index (κ2) is 14.4. The summed E-state index contributed by atoms with van der Waals surface area (Å²) in [5, 5.41) is 3.32. The first kappa shape index (κ1) is 15.4. The minimum atomic E-state index is 0.796. The number of hydrogen-bond donors (Lipinski definition) is 1. The summed E-state index contributed by atoms with van der Waals surface area (Å²) in [5.41, 5.74) is 0. The third kappa shape index (κ3) is 13.4. The summed E-state index contributed by atoms with van der Waals surface area (Å²) in [7, 11) is 0. The lowest BCUT2D eigenvalue weighted by molar-refractivity contribution is 0.0869. The molecule has 94 valence electrons. The third-order valence-electron chi connectivity index (χ3n) is 2.03. The highest BCUT2D eigenvalue weighted by Gasteiger charge is 1.90. The van der Waals surface area contributed by atoms with Crippen molar-refractivity contribution >= 4 is 0 Å². The predicted octanol–water partition coefficient (Wildman–Crippen LogP) is 1.82. The first-order chi connectivity index (χ1) is 7.91. The van der Waals surface area contributed by atoms with Crippen molar-refractivity contribution in [2.24, 2.45) is 0 Å². The zero-order valence-electron chi connectivity index (χ0n) is 10.7. The molecule has 0 aromatic carbocycles. The van der Waals surface area contributed by atoms with Crippen molar-refractivity contribution in [1.82, 2.24) is 5.32 Å². The molecule has 0 aromatic rings. The van der Waals surface area contributed by atoms with Crippen molar-refractivity contribution in [1.29, 1.82) is 0 Å². The van der Waals surface area contributed by atoms with E-state index < -0.39 is 0 Å². The van der Waals surface area contributed by atoms with Crippen LogP contribution in [0.25, 0.3) is 0 Å². The van der Waals surface area contributed by atoms with E-state index in [1.807, 2.05) is 13.8 Å². The highest BCUT2D eigenvalue weighted by Crippen LogP contribution is 1.87. The highest BCUT2D eigenvalue weighted by molar-refractivity contribution is 4.94. The standard InChI is InChI=1S/C13H25NO2/c1-3-5-6-9-14-10-7-11-16-13-8-12-15-4-2/h14H,4,6-13H2,1-2H3. The van der Waals surface area contributed by atoms with Crippen molar-refractivity contribution in [2.75, 3.05) is 39.5 Å². The Kier molecular flexibility index (Phi) is 13.9. The molecule has 0 amide bonds. The molecule has 1 N–H and O–H groups in total. The predicted molar refractivity (Wildman–Crippen MR) is 67.5 cm³/mol. The molecule has 0 fully saturated rings. The van der Waals surface area contributed by atoms with Gasteiger partial charge in [-0.15, -0.1) is 11.8 Å². The molecule has 0 aliphatic heterocycles. The van der Waals surface area contributed by atoms with E-state index in [0.29, 0.717) is 0 Å². The van der Waals surface area contributed by atoms with Crippen molar-refractivity contribution in [2.45, 2.75) is 33.1 Å². The molecule has 0 bridgehead atoms. The van der Waals surface area contributed by atoms with Gasteiger partial charge >= 0.3 is 0 Å². The van der Waals surface area contributed by atoms with Crippen LogP contribution >= 0.6 is 0 Å². The first-order valence-corrected chi connectivity index (χ1v) is 6.17. The molecule has 0 rings (SSSR count). The van der Waals surface area contributed by atoms with Crippen LogP contribution in [0.4, 0.5) is 0 Å². The van der Waals surface area contributed by atoms with E-state index in [-0.39, 0.29) is 0 Å². The Labute approximate surface area is 99.9 Å². The van der Waals surface area contributed by atoms with Gasteiger partial charge in [-0.1, -0.05) is 0 Å². The van der Waals surface area contributed by atoms with E-state index in [1.54, 1.807) is 0 Å². The fraction of sp³-hybridized carbons (Fsp3) is 0.846. The topological polar surface area (TPSA) is 30.5 Å². The zero-order valence-corrected chi connectivity index (χ0v) is 10.7. The highest BCUT2D eigenvalue weighted by atomic mass is 16.5. The lowest BCUT2D eigenvalue weighted by Gasteiger charge is -2.05. The van der Waals surface area contributed by atoms with E-state index in [1.165, 1.54) is 0 Å². The maximum Gasteiger partial charge on any atom is 0.0487 e. The Hall–Kier alpha value is -0.560. The lowest BCUT2D eigenvalue weighted by atomic mass is 10.4. The second-order valence-corrected chi connectivity index (χ2v) is 3.44. The summed E-state index contributed by atoms with van der Waals surface area (Å²) >= 11 is 0. The van der Waals surface area contributed by atoms with Crippen molar-refractivity contribution in [3.05, 3.63) is 0 Å². The Morgan fingerprint density at radius 2 is 1.75 bits per heavy atom. The molecule has 0 heterocycles. The van der Waals surface area contributed by atoms with Crippen molar-refractivity contribution < 1.29 is 9.47 Å². The van der Waals surface area contributed by atoms with Gasteiger partial charge in [-0.3, -0.25) is 0 Å². The summed E-state index contributed by atoms with van der Waals surface area (Å²) in [4.78, 5) is 0. The van der Waals surface area contributed by atoms with Crippen molar-refractivity contribution in [3.63, 3.8) is 0 Å². The number of rotatable bonds is 11. The largest absolute Gasteiger partial charge is 0.382 e. The van der Waals surface area contributed by atoms with Gasteiger partial charge < -0.3 is 14.8 Å². The SMILES string of the molecule is CC#CCCNCCCOCCCOCC. The average Bonchev–Trinajstić information content (AvgIpc) is 2.31. The van der Waals surface area contributed by atoms with Crippen LogP contribution < -0.4 is 5.32 Å². The van der Waals surface area contributed by atoms with E-state index in [0.717, 1.165) is 58.8 Å². The molecule has 0 saturated heterocycles. The fourth-order valence-corrected chi connectivity index (χ4v) is 1.21. The van der Waals surface area contributed by atoms with Gasteiger partial charge in [0.2, 0.25) is 0 Å². The van der Waals surface area contributed by atoms with Crippen LogP contribution in [0.5, 0.6) is 0 Å². The van der Waals surface area contributed by atoms with Gasteiger partial charge in [0.15, 0.2) is 0 Å². The molecule has 0 atom stereocenters. The van der Waals surface area contributed by atoms with Gasteiger partial charge in [-0.2, -0.15) is 0 Å². The van der Waals surface area contributed by atoms with E-state index in [9.17, 15) is 0 Å². The monoisotopic (exact) mass is 227 g/mol. The molecule has 16 heavy (non-hydrogen) atoms. The third-order valence-corrected chi connectivity index (χ3v) is 2.03. The molecule has 0 aliphatic rings. The van der Waals surface area contributed by atoms with Crippen LogP contribution in [0.2, 0.25) is 0 Å². The van der Waals surface area contributed by atoms with Gasteiger partial charge in [0.05, 0.1) is 0 Å². The van der Waals surface area contributed by atoms with E-state index in [4.69, 9.17) is 9.47 Å². The van der Waals surface area contributed by atoms with Gasteiger partial charge in [0, 0.05) is 39.4 Å². The van der Waals surface area contributed by atoms with Crippen molar-refractivity contribution in [3.8, 4) is 11.8 Å². The van der Waals surface area contributed by atoms with Gasteiger partial charge in [0.25, 0.3) is 0 Å². The first-order valence-electron chi connectivity index (χ1n) is 6.17. The Balaban J connectivity index is 2.89. The molecule has 0 unspecified atom stereocenters. The molecule has 0 aromatic heterocycles. The van der Waals surface area contributed by atoms with Crippen LogP contribution in [0.1, 0.15) is 33.1 Å². The zero-order chi connectivity index (χ0) is 11.9. The Bertz CT molecular complexity index is 184. The molecule has 0 radical (unpaired) electrons. The molecule has 0 aliphatic carbocycles. The summed E-state index contributed by atoms with van der Waals surface area (Å²) in [6.45, 7) is 9.11. The lowest BCUT2D eigenvalue weighted by Crippen LogP contribution is -2.18. The fourth-order valence-electron chi connectivity index (χ4n) is 1.21. The molecule has 3 heteroatoms. The van der Waals surface area contributed by atoms with E-state index in [2.05, 4.69) is 17.2 Å². The smallest absolute Gasteiger partial charge is 0.0487 e. The van der Waals surface area contributed by atoms with Crippen LogP contribution in [0, 0.1) is 11.8 Å². The van der Waals surface area contributed by atoms with Gasteiger partial charge in [-0.25, -0.2) is 0 Å². The normalized spacial score (nSPS) is 9.88. The van der Waals surface area contributed by atoms with Crippen LogP contribution in [-0.4, -0.2) is 39.5 Å². The van der Waals surface area contributed by atoms with Crippen LogP contribution in [0.15, 0.2) is 0 Å². The molecular formula is C13H25NO2. The molecule has 3 nitrogen and oxygen atoms in total. The summed E-state index contributed by atoms with van der Waals surface area (Å²) in [6.07, 6.45) is 2.99. The Morgan fingerprint density at radius 3 is 2.50 bits per heavy atom. The maximum atomic E-state index is 5.46. The molecule has 0 spiro atoms. The number of nitrogens with one attached hydrogen (secondary N) is 1. The van der Waals surface area contributed by atoms with Gasteiger partial charge in [0.1, 0.15) is 0 Å². The minimum absolute atomic E-state index is 0.796. The van der Waals surface area contributed by atoms with Crippen LogP contribution in [-0.2, 0) is 9.47 Å². The summed E-state index contributed by atoms with van der Waals surface area (Å²) < 4.78 is 10.7. The van der Waals surface area contributed by atoms with Gasteiger partial charge in [-0.05, 0) is 33.2 Å². The minimum Gasteiger partial charge on any atom is -0.382 e. The van der Waals surface area contributed by atoms with E-state index >= 15 is 0 Å². The second-order valence-electron chi connectivity index (χ2n) is 3.44. The maximum absolute atomic E-state index is 5.46. The summed E-state index contributed by atoms with van der Waals surface area (Å²) in [6, 6.07) is 0. The molecular weight excluding hydrogens is 202 g/mol.